The van der Waals surface area contributed by atoms with Gasteiger partial charge in [0.05, 0.1) is 11.3 Å². The van der Waals surface area contributed by atoms with Crippen molar-refractivity contribution in [3.8, 4) is 0 Å². The molecule has 1 nitrogen and oxygen atoms in total. The summed E-state index contributed by atoms with van der Waals surface area (Å²) in [6.07, 6.45) is -2.64. The van der Waals surface area contributed by atoms with E-state index >= 15 is 0 Å². The number of aryl methyl sites for hydroxylation is 1. The molecule has 0 bridgehead atoms. The summed E-state index contributed by atoms with van der Waals surface area (Å²) in [5.41, 5.74) is -0.554. The minimum absolute atomic E-state index is 0.0897. The molecule has 0 aliphatic rings. The Hall–Kier alpha value is -0.580. The number of alkyl halides is 4. The number of halogens is 4. The van der Waals surface area contributed by atoms with Crippen molar-refractivity contribution in [2.45, 2.75) is 12.6 Å². The smallest absolute Gasteiger partial charge is 0.261 e. The molecule has 1 rings (SSSR count). The first-order chi connectivity index (χ1) is 6.05. The molecule has 1 heterocycles. The standard InChI is InChI=1S/C8H7BrF3N/c9-4-3-7-6(8(10,11)12)2-1-5-13-7/h1-2,5H,3-4H2. The Balaban J connectivity index is 3.05. The zero-order valence-corrected chi connectivity index (χ0v) is 8.19. The van der Waals surface area contributed by atoms with Crippen molar-refractivity contribution < 1.29 is 13.2 Å². The molecule has 0 unspecified atom stereocenters. The van der Waals surface area contributed by atoms with Gasteiger partial charge < -0.3 is 0 Å². The van der Waals surface area contributed by atoms with Crippen LogP contribution in [0.15, 0.2) is 18.3 Å². The van der Waals surface area contributed by atoms with E-state index in [1.807, 2.05) is 0 Å². The van der Waals surface area contributed by atoms with Crippen molar-refractivity contribution in [3.63, 3.8) is 0 Å². The Morgan fingerprint density at radius 1 is 1.38 bits per heavy atom. The molecule has 0 spiro atoms. The molecule has 0 aliphatic carbocycles. The maximum atomic E-state index is 12.3. The van der Waals surface area contributed by atoms with Gasteiger partial charge in [-0.3, -0.25) is 4.98 Å². The van der Waals surface area contributed by atoms with Crippen LogP contribution in [0, 0.1) is 0 Å². The van der Waals surface area contributed by atoms with Gasteiger partial charge in [-0.05, 0) is 18.6 Å². The molecule has 0 atom stereocenters. The second-order valence-electron chi connectivity index (χ2n) is 2.43. The molecule has 0 fully saturated rings. The Labute approximate surface area is 82.1 Å². The van der Waals surface area contributed by atoms with Crippen LogP contribution in [0.5, 0.6) is 0 Å². The quantitative estimate of drug-likeness (QED) is 0.739. The van der Waals surface area contributed by atoms with Crippen LogP contribution in [0.2, 0.25) is 0 Å². The third-order valence-corrected chi connectivity index (χ3v) is 1.92. The molecule has 1 aromatic rings. The van der Waals surface area contributed by atoms with E-state index in [1.54, 1.807) is 0 Å². The van der Waals surface area contributed by atoms with E-state index in [0.717, 1.165) is 6.07 Å². The summed E-state index contributed by atoms with van der Waals surface area (Å²) >= 11 is 3.08. The van der Waals surface area contributed by atoms with Crippen molar-refractivity contribution in [2.75, 3.05) is 5.33 Å². The van der Waals surface area contributed by atoms with Crippen LogP contribution < -0.4 is 0 Å². The molecule has 0 saturated heterocycles. The third kappa shape index (κ3) is 2.69. The van der Waals surface area contributed by atoms with Gasteiger partial charge in [-0.1, -0.05) is 15.9 Å². The molecule has 13 heavy (non-hydrogen) atoms. The highest BCUT2D eigenvalue weighted by molar-refractivity contribution is 9.09. The normalized spacial score (nSPS) is 11.7. The van der Waals surface area contributed by atoms with E-state index in [-0.39, 0.29) is 12.1 Å². The fourth-order valence-corrected chi connectivity index (χ4v) is 1.36. The number of nitrogens with zero attached hydrogens (tertiary/aromatic N) is 1. The van der Waals surface area contributed by atoms with Crippen LogP contribution in [-0.4, -0.2) is 10.3 Å². The summed E-state index contributed by atoms with van der Waals surface area (Å²) in [6, 6.07) is 2.34. The molecule has 0 aromatic carbocycles. The summed E-state index contributed by atoms with van der Waals surface area (Å²) in [7, 11) is 0. The highest BCUT2D eigenvalue weighted by atomic mass is 79.9. The fourth-order valence-electron chi connectivity index (χ4n) is 0.985. The second-order valence-corrected chi connectivity index (χ2v) is 3.23. The van der Waals surface area contributed by atoms with Crippen LogP contribution >= 0.6 is 15.9 Å². The molecule has 72 valence electrons. The average Bonchev–Trinajstić information content (AvgIpc) is 2.04. The number of rotatable bonds is 2. The van der Waals surface area contributed by atoms with E-state index in [2.05, 4.69) is 20.9 Å². The minimum Gasteiger partial charge on any atom is -0.261 e. The highest BCUT2D eigenvalue weighted by Gasteiger charge is 2.33. The molecule has 0 aliphatic heterocycles. The molecule has 0 N–H and O–H groups in total. The predicted molar refractivity (Wildman–Crippen MR) is 46.7 cm³/mol. The fraction of sp³-hybridized carbons (Fsp3) is 0.375. The van der Waals surface area contributed by atoms with Crippen molar-refractivity contribution >= 4 is 15.9 Å². The number of aromatic nitrogens is 1. The van der Waals surface area contributed by atoms with E-state index < -0.39 is 11.7 Å². The number of hydrogen-bond acceptors (Lipinski definition) is 1. The van der Waals surface area contributed by atoms with E-state index in [1.165, 1.54) is 12.3 Å². The van der Waals surface area contributed by atoms with Gasteiger partial charge in [0.25, 0.3) is 0 Å². The van der Waals surface area contributed by atoms with Crippen LogP contribution in [-0.2, 0) is 12.6 Å². The first-order valence-corrected chi connectivity index (χ1v) is 4.75. The lowest BCUT2D eigenvalue weighted by Crippen LogP contribution is -2.10. The van der Waals surface area contributed by atoms with Crippen LogP contribution in [0.3, 0.4) is 0 Å². The van der Waals surface area contributed by atoms with Gasteiger partial charge in [0.1, 0.15) is 0 Å². The van der Waals surface area contributed by atoms with Gasteiger partial charge in [0.15, 0.2) is 0 Å². The zero-order valence-electron chi connectivity index (χ0n) is 6.61. The van der Waals surface area contributed by atoms with E-state index in [4.69, 9.17) is 0 Å². The van der Waals surface area contributed by atoms with Gasteiger partial charge in [0.2, 0.25) is 0 Å². The first kappa shape index (κ1) is 10.5. The van der Waals surface area contributed by atoms with Crippen molar-refractivity contribution in [1.29, 1.82) is 0 Å². The summed E-state index contributed by atoms with van der Waals surface area (Å²) in [6.45, 7) is 0. The highest BCUT2D eigenvalue weighted by Crippen LogP contribution is 2.31. The Bertz CT molecular complexity index is 285. The van der Waals surface area contributed by atoms with Crippen LogP contribution in [0.1, 0.15) is 11.3 Å². The van der Waals surface area contributed by atoms with Gasteiger partial charge >= 0.3 is 6.18 Å². The molecule has 0 saturated carbocycles. The first-order valence-electron chi connectivity index (χ1n) is 3.62. The Morgan fingerprint density at radius 3 is 2.62 bits per heavy atom. The SMILES string of the molecule is FC(F)(F)c1cccnc1CCBr. The lowest BCUT2D eigenvalue weighted by atomic mass is 10.1. The Morgan fingerprint density at radius 2 is 2.08 bits per heavy atom. The number of pyridine rings is 1. The van der Waals surface area contributed by atoms with Crippen LogP contribution in [0.4, 0.5) is 13.2 Å². The molecule has 1 aromatic heterocycles. The summed E-state index contributed by atoms with van der Waals surface area (Å²) in [5.74, 6) is 0. The Kier molecular flexibility index (Phi) is 3.30. The maximum absolute atomic E-state index is 12.3. The topological polar surface area (TPSA) is 12.9 Å². The van der Waals surface area contributed by atoms with Gasteiger partial charge in [-0.2, -0.15) is 13.2 Å². The van der Waals surface area contributed by atoms with Gasteiger partial charge in [0, 0.05) is 11.5 Å². The monoisotopic (exact) mass is 253 g/mol. The number of hydrogen-bond donors (Lipinski definition) is 0. The molecule has 0 radical (unpaired) electrons. The zero-order chi connectivity index (χ0) is 9.90. The molecular weight excluding hydrogens is 247 g/mol. The predicted octanol–water partition coefficient (Wildman–Crippen LogP) is 3.04. The lowest BCUT2D eigenvalue weighted by Gasteiger charge is -2.09. The van der Waals surface area contributed by atoms with E-state index in [0.29, 0.717) is 5.33 Å². The van der Waals surface area contributed by atoms with Crippen molar-refractivity contribution in [1.82, 2.24) is 4.98 Å². The molecule has 0 amide bonds. The largest absolute Gasteiger partial charge is 0.418 e. The van der Waals surface area contributed by atoms with Crippen LogP contribution in [0.25, 0.3) is 0 Å². The summed E-state index contributed by atoms with van der Waals surface area (Å²) in [4.78, 5) is 3.68. The van der Waals surface area contributed by atoms with E-state index in [9.17, 15) is 13.2 Å². The summed E-state index contributed by atoms with van der Waals surface area (Å²) in [5, 5.41) is 0.479. The van der Waals surface area contributed by atoms with Crippen molar-refractivity contribution in [2.24, 2.45) is 0 Å². The second kappa shape index (κ2) is 4.09. The van der Waals surface area contributed by atoms with Gasteiger partial charge in [-0.15, -0.1) is 0 Å². The minimum atomic E-state index is -4.30. The van der Waals surface area contributed by atoms with Gasteiger partial charge in [-0.25, -0.2) is 0 Å². The molecule has 5 heteroatoms. The molecular formula is C8H7BrF3N. The van der Waals surface area contributed by atoms with Crippen molar-refractivity contribution in [3.05, 3.63) is 29.6 Å². The average molecular weight is 254 g/mol. The lowest BCUT2D eigenvalue weighted by molar-refractivity contribution is -0.138. The maximum Gasteiger partial charge on any atom is 0.418 e. The third-order valence-electron chi connectivity index (χ3n) is 1.53. The summed E-state index contributed by atoms with van der Waals surface area (Å²) < 4.78 is 36.9.